The molecule has 0 atom stereocenters. The van der Waals surface area contributed by atoms with Crippen molar-refractivity contribution in [1.82, 2.24) is 15.5 Å². The molecule has 7 heteroatoms. The SMILES string of the molecule is CN=C(NCCc1ccco1)NCc1ccc(CN2CCOCC2)cc1.I. The van der Waals surface area contributed by atoms with Crippen molar-refractivity contribution < 1.29 is 9.15 Å². The highest BCUT2D eigenvalue weighted by Crippen LogP contribution is 2.09. The van der Waals surface area contributed by atoms with Gasteiger partial charge in [-0.2, -0.15) is 0 Å². The lowest BCUT2D eigenvalue weighted by Crippen LogP contribution is -2.37. The standard InChI is InChI=1S/C20H28N4O2.HI/c1-21-20(22-9-8-19-3-2-12-26-19)23-15-17-4-6-18(7-5-17)16-24-10-13-25-14-11-24;/h2-7,12H,8-11,13-16H2,1H3,(H2,21,22,23);1H. The minimum absolute atomic E-state index is 0. The summed E-state index contributed by atoms with van der Waals surface area (Å²) in [7, 11) is 1.79. The van der Waals surface area contributed by atoms with Gasteiger partial charge in [0.15, 0.2) is 5.96 Å². The smallest absolute Gasteiger partial charge is 0.191 e. The van der Waals surface area contributed by atoms with E-state index >= 15 is 0 Å². The number of hydrogen-bond donors (Lipinski definition) is 2. The van der Waals surface area contributed by atoms with Gasteiger partial charge in [-0.15, -0.1) is 24.0 Å². The molecule has 6 nitrogen and oxygen atoms in total. The summed E-state index contributed by atoms with van der Waals surface area (Å²) in [6.45, 7) is 6.24. The molecule has 2 aromatic rings. The first-order chi connectivity index (χ1) is 12.8. The summed E-state index contributed by atoms with van der Waals surface area (Å²) in [4.78, 5) is 6.69. The van der Waals surface area contributed by atoms with Gasteiger partial charge in [0.1, 0.15) is 5.76 Å². The molecule has 2 N–H and O–H groups in total. The largest absolute Gasteiger partial charge is 0.469 e. The van der Waals surface area contributed by atoms with Crippen molar-refractivity contribution in [1.29, 1.82) is 0 Å². The predicted octanol–water partition coefficient (Wildman–Crippen LogP) is 2.64. The van der Waals surface area contributed by atoms with Gasteiger partial charge in [0.2, 0.25) is 0 Å². The number of ether oxygens (including phenoxy) is 1. The van der Waals surface area contributed by atoms with Gasteiger partial charge in [0.05, 0.1) is 19.5 Å². The zero-order valence-electron chi connectivity index (χ0n) is 15.8. The summed E-state index contributed by atoms with van der Waals surface area (Å²) in [6.07, 6.45) is 2.54. The van der Waals surface area contributed by atoms with Crippen molar-refractivity contribution in [2.75, 3.05) is 39.9 Å². The van der Waals surface area contributed by atoms with Crippen LogP contribution in [0.25, 0.3) is 0 Å². The van der Waals surface area contributed by atoms with Crippen molar-refractivity contribution in [3.63, 3.8) is 0 Å². The Hall–Kier alpha value is -1.58. The van der Waals surface area contributed by atoms with Crippen LogP contribution in [0.1, 0.15) is 16.9 Å². The minimum Gasteiger partial charge on any atom is -0.469 e. The number of nitrogens with one attached hydrogen (secondary N) is 2. The summed E-state index contributed by atoms with van der Waals surface area (Å²) in [5, 5.41) is 6.65. The Morgan fingerprint density at radius 1 is 1.07 bits per heavy atom. The van der Waals surface area contributed by atoms with Gasteiger partial charge in [0.25, 0.3) is 0 Å². The average molecular weight is 484 g/mol. The first kappa shape index (κ1) is 21.7. The van der Waals surface area contributed by atoms with Crippen LogP contribution in [0.2, 0.25) is 0 Å². The van der Waals surface area contributed by atoms with Gasteiger partial charge in [0, 0.05) is 46.2 Å². The molecule has 1 aromatic carbocycles. The predicted molar refractivity (Wildman–Crippen MR) is 119 cm³/mol. The van der Waals surface area contributed by atoms with Crippen molar-refractivity contribution in [3.05, 3.63) is 59.5 Å². The molecule has 1 aliphatic heterocycles. The second kappa shape index (κ2) is 12.0. The quantitative estimate of drug-likeness (QED) is 0.360. The third-order valence-corrected chi connectivity index (χ3v) is 4.46. The number of halogens is 1. The second-order valence-corrected chi connectivity index (χ2v) is 6.39. The Balaban J connectivity index is 0.00000261. The van der Waals surface area contributed by atoms with Gasteiger partial charge in [-0.05, 0) is 23.3 Å². The average Bonchev–Trinajstić information content (AvgIpc) is 3.20. The molecule has 27 heavy (non-hydrogen) atoms. The van der Waals surface area contributed by atoms with Crippen LogP contribution in [0.3, 0.4) is 0 Å². The molecule has 1 fully saturated rings. The molecular weight excluding hydrogens is 455 g/mol. The number of benzene rings is 1. The van der Waals surface area contributed by atoms with E-state index in [-0.39, 0.29) is 24.0 Å². The van der Waals surface area contributed by atoms with Crippen LogP contribution in [-0.2, 0) is 24.2 Å². The van der Waals surface area contributed by atoms with Crippen LogP contribution in [0.4, 0.5) is 0 Å². The van der Waals surface area contributed by atoms with E-state index in [2.05, 4.69) is 44.8 Å². The van der Waals surface area contributed by atoms with Crippen molar-refractivity contribution in [3.8, 4) is 0 Å². The Bertz CT molecular complexity index is 668. The lowest BCUT2D eigenvalue weighted by atomic mass is 10.1. The van der Waals surface area contributed by atoms with Gasteiger partial charge in [-0.25, -0.2) is 0 Å². The number of furan rings is 1. The molecule has 0 radical (unpaired) electrons. The molecule has 1 aromatic heterocycles. The summed E-state index contributed by atoms with van der Waals surface area (Å²) in [5.41, 5.74) is 2.58. The van der Waals surface area contributed by atoms with Crippen LogP contribution in [0.15, 0.2) is 52.1 Å². The highest BCUT2D eigenvalue weighted by atomic mass is 127. The van der Waals surface area contributed by atoms with E-state index in [1.165, 1.54) is 11.1 Å². The van der Waals surface area contributed by atoms with Crippen LogP contribution >= 0.6 is 24.0 Å². The zero-order chi connectivity index (χ0) is 18.0. The molecule has 2 heterocycles. The lowest BCUT2D eigenvalue weighted by Gasteiger charge is -2.26. The van der Waals surface area contributed by atoms with E-state index in [0.29, 0.717) is 0 Å². The first-order valence-electron chi connectivity index (χ1n) is 9.18. The molecule has 0 spiro atoms. The van der Waals surface area contributed by atoms with E-state index in [1.54, 1.807) is 13.3 Å². The number of nitrogens with zero attached hydrogens (tertiary/aromatic N) is 2. The molecule has 3 rings (SSSR count). The normalized spacial score (nSPS) is 15.2. The highest BCUT2D eigenvalue weighted by Gasteiger charge is 2.10. The summed E-state index contributed by atoms with van der Waals surface area (Å²) < 4.78 is 10.7. The molecule has 0 amide bonds. The van der Waals surface area contributed by atoms with Gasteiger partial charge in [-0.1, -0.05) is 24.3 Å². The highest BCUT2D eigenvalue weighted by molar-refractivity contribution is 14.0. The zero-order valence-corrected chi connectivity index (χ0v) is 18.1. The van der Waals surface area contributed by atoms with Crippen molar-refractivity contribution >= 4 is 29.9 Å². The van der Waals surface area contributed by atoms with Crippen molar-refractivity contribution in [2.45, 2.75) is 19.5 Å². The Morgan fingerprint density at radius 3 is 2.48 bits per heavy atom. The van der Waals surface area contributed by atoms with Gasteiger partial charge in [-0.3, -0.25) is 9.89 Å². The minimum atomic E-state index is 0. The molecule has 0 bridgehead atoms. The topological polar surface area (TPSA) is 62.0 Å². The van der Waals surface area contributed by atoms with E-state index in [9.17, 15) is 0 Å². The maximum atomic E-state index is 5.40. The van der Waals surface area contributed by atoms with Crippen LogP contribution in [0, 0.1) is 0 Å². The van der Waals surface area contributed by atoms with E-state index in [4.69, 9.17) is 9.15 Å². The molecule has 0 aliphatic carbocycles. The summed E-state index contributed by atoms with van der Waals surface area (Å²) in [5.74, 6) is 1.78. The Kier molecular flexibility index (Phi) is 9.65. The van der Waals surface area contributed by atoms with Crippen LogP contribution in [-0.4, -0.2) is 50.8 Å². The third kappa shape index (κ3) is 7.51. The van der Waals surface area contributed by atoms with Crippen LogP contribution in [0.5, 0.6) is 0 Å². The molecule has 0 saturated carbocycles. The molecule has 0 unspecified atom stereocenters. The number of morpholine rings is 1. The molecule has 1 aliphatic rings. The Labute approximate surface area is 178 Å². The molecular formula is C20H29IN4O2. The maximum absolute atomic E-state index is 5.40. The van der Waals surface area contributed by atoms with Gasteiger partial charge < -0.3 is 19.8 Å². The second-order valence-electron chi connectivity index (χ2n) is 6.39. The number of guanidine groups is 1. The number of hydrogen-bond acceptors (Lipinski definition) is 4. The maximum Gasteiger partial charge on any atom is 0.191 e. The first-order valence-corrected chi connectivity index (χ1v) is 9.18. The molecule has 1 saturated heterocycles. The van der Waals surface area contributed by atoms with Crippen LogP contribution < -0.4 is 10.6 Å². The summed E-state index contributed by atoms with van der Waals surface area (Å²) >= 11 is 0. The van der Waals surface area contributed by atoms with E-state index in [0.717, 1.165) is 64.1 Å². The fourth-order valence-corrected chi connectivity index (χ4v) is 2.95. The number of rotatable bonds is 7. The van der Waals surface area contributed by atoms with Crippen molar-refractivity contribution in [2.24, 2.45) is 4.99 Å². The molecule has 148 valence electrons. The van der Waals surface area contributed by atoms with Gasteiger partial charge >= 0.3 is 0 Å². The van der Waals surface area contributed by atoms with E-state index in [1.807, 2.05) is 12.1 Å². The third-order valence-electron chi connectivity index (χ3n) is 4.46. The monoisotopic (exact) mass is 484 g/mol. The van der Waals surface area contributed by atoms with E-state index < -0.39 is 0 Å². The fraction of sp³-hybridized carbons (Fsp3) is 0.450. The number of aliphatic imine (C=N–C) groups is 1. The summed E-state index contributed by atoms with van der Waals surface area (Å²) in [6, 6.07) is 12.7. The lowest BCUT2D eigenvalue weighted by molar-refractivity contribution is 0.0342. The Morgan fingerprint density at radius 2 is 1.81 bits per heavy atom. The fourth-order valence-electron chi connectivity index (χ4n) is 2.95.